The van der Waals surface area contributed by atoms with Crippen LogP contribution in [-0.4, -0.2) is 12.3 Å². The van der Waals surface area contributed by atoms with Gasteiger partial charge in [0.2, 0.25) is 0 Å². The number of alkyl halides is 3. The van der Waals surface area contributed by atoms with Gasteiger partial charge < -0.3 is 10.1 Å². The van der Waals surface area contributed by atoms with Crippen molar-refractivity contribution in [2.45, 2.75) is 25.9 Å². The van der Waals surface area contributed by atoms with Crippen LogP contribution < -0.4 is 4.74 Å². The van der Waals surface area contributed by atoms with Crippen molar-refractivity contribution in [3.8, 4) is 5.75 Å². The van der Waals surface area contributed by atoms with Gasteiger partial charge in [0.05, 0.1) is 12.2 Å². The maximum atomic E-state index is 12.8. The zero-order chi connectivity index (χ0) is 13.3. The van der Waals surface area contributed by atoms with Crippen LogP contribution in [0.1, 0.15) is 30.9 Å². The first-order chi connectivity index (χ1) is 8.38. The van der Waals surface area contributed by atoms with E-state index in [0.29, 0.717) is 18.1 Å². The molecule has 1 aromatic rings. The van der Waals surface area contributed by atoms with Gasteiger partial charge in [0, 0.05) is 5.71 Å². The molecule has 0 heterocycles. The first-order valence-corrected chi connectivity index (χ1v) is 5.77. The van der Waals surface area contributed by atoms with Crippen LogP contribution >= 0.6 is 0 Å². The molecule has 0 saturated heterocycles. The third kappa shape index (κ3) is 3.03. The van der Waals surface area contributed by atoms with Crippen molar-refractivity contribution in [2.75, 3.05) is 6.61 Å². The quantitative estimate of drug-likeness (QED) is 0.816. The number of hydrogen-bond acceptors (Lipinski definition) is 2. The smallest absolute Gasteiger partial charge is 0.419 e. The zero-order valence-corrected chi connectivity index (χ0v) is 9.97. The van der Waals surface area contributed by atoms with Crippen LogP contribution in [0.15, 0.2) is 18.2 Å². The van der Waals surface area contributed by atoms with Gasteiger partial charge in [-0.3, -0.25) is 0 Å². The normalized spacial score (nSPS) is 15.6. The van der Waals surface area contributed by atoms with Gasteiger partial charge in [-0.25, -0.2) is 0 Å². The second kappa shape index (κ2) is 4.63. The minimum Gasteiger partial charge on any atom is -0.493 e. The molecule has 98 valence electrons. The summed E-state index contributed by atoms with van der Waals surface area (Å²) in [7, 11) is 0. The lowest BCUT2D eigenvalue weighted by Gasteiger charge is -2.15. The molecule has 1 fully saturated rings. The van der Waals surface area contributed by atoms with Crippen LogP contribution in [0.2, 0.25) is 0 Å². The molecule has 0 aromatic heterocycles. The molecular formula is C13H14F3NO. The number of ether oxygens (including phenoxy) is 1. The van der Waals surface area contributed by atoms with Crippen molar-refractivity contribution in [2.24, 2.45) is 5.92 Å². The fourth-order valence-corrected chi connectivity index (χ4v) is 1.60. The van der Waals surface area contributed by atoms with E-state index in [1.807, 2.05) is 0 Å². The Morgan fingerprint density at radius 1 is 1.39 bits per heavy atom. The Morgan fingerprint density at radius 2 is 2.06 bits per heavy atom. The third-order valence-electron chi connectivity index (χ3n) is 2.89. The Hall–Kier alpha value is -1.52. The predicted octanol–water partition coefficient (Wildman–Crippen LogP) is 3.88. The number of hydrogen-bond donors (Lipinski definition) is 1. The van der Waals surface area contributed by atoms with Crippen LogP contribution in [0, 0.1) is 11.3 Å². The van der Waals surface area contributed by atoms with E-state index in [-0.39, 0.29) is 11.5 Å². The molecule has 0 aliphatic heterocycles. The Labute approximate surface area is 103 Å². The number of benzene rings is 1. The highest BCUT2D eigenvalue weighted by atomic mass is 19.4. The van der Waals surface area contributed by atoms with E-state index in [9.17, 15) is 13.2 Å². The first-order valence-electron chi connectivity index (χ1n) is 5.77. The van der Waals surface area contributed by atoms with E-state index in [2.05, 4.69) is 0 Å². The van der Waals surface area contributed by atoms with Crippen LogP contribution in [0.25, 0.3) is 0 Å². The SMILES string of the molecule is CC(=N)c1ccc(C(F)(F)F)c(OCC2CC2)c1. The lowest BCUT2D eigenvalue weighted by molar-refractivity contribution is -0.139. The second-order valence-corrected chi connectivity index (χ2v) is 4.59. The Bertz CT molecular complexity index is 464. The fraction of sp³-hybridized carbons (Fsp3) is 0.462. The minimum absolute atomic E-state index is 0.168. The van der Waals surface area contributed by atoms with E-state index in [0.717, 1.165) is 18.9 Å². The van der Waals surface area contributed by atoms with Gasteiger partial charge in [-0.1, -0.05) is 6.07 Å². The molecule has 1 aromatic carbocycles. The Morgan fingerprint density at radius 3 is 2.56 bits per heavy atom. The largest absolute Gasteiger partial charge is 0.493 e. The molecule has 1 aliphatic carbocycles. The number of rotatable bonds is 4. The molecule has 1 aliphatic rings. The summed E-state index contributed by atoms with van der Waals surface area (Å²) in [6.07, 6.45) is -2.39. The van der Waals surface area contributed by atoms with E-state index in [4.69, 9.17) is 10.1 Å². The minimum atomic E-state index is -4.42. The van der Waals surface area contributed by atoms with Crippen LogP contribution in [0.4, 0.5) is 13.2 Å². The highest BCUT2D eigenvalue weighted by molar-refractivity contribution is 5.96. The maximum absolute atomic E-state index is 12.8. The van der Waals surface area contributed by atoms with Gasteiger partial charge >= 0.3 is 6.18 Å². The summed E-state index contributed by atoms with van der Waals surface area (Å²) in [4.78, 5) is 0. The summed E-state index contributed by atoms with van der Waals surface area (Å²) in [5.41, 5.74) is -0.0954. The lowest BCUT2D eigenvalue weighted by atomic mass is 10.1. The van der Waals surface area contributed by atoms with Crippen molar-refractivity contribution in [3.63, 3.8) is 0 Å². The summed E-state index contributed by atoms with van der Waals surface area (Å²) in [6.45, 7) is 1.86. The monoisotopic (exact) mass is 257 g/mol. The molecule has 0 bridgehead atoms. The average molecular weight is 257 g/mol. The van der Waals surface area contributed by atoms with E-state index in [1.54, 1.807) is 0 Å². The van der Waals surface area contributed by atoms with Crippen LogP contribution in [0.3, 0.4) is 0 Å². The Kier molecular flexibility index (Phi) is 3.32. The summed E-state index contributed by atoms with van der Waals surface area (Å²) < 4.78 is 43.6. The van der Waals surface area contributed by atoms with Crippen molar-refractivity contribution in [1.82, 2.24) is 0 Å². The molecule has 18 heavy (non-hydrogen) atoms. The molecule has 2 rings (SSSR count). The molecule has 0 unspecified atom stereocenters. The highest BCUT2D eigenvalue weighted by Gasteiger charge is 2.35. The number of nitrogens with one attached hydrogen (secondary N) is 1. The molecule has 1 saturated carbocycles. The van der Waals surface area contributed by atoms with Crippen molar-refractivity contribution < 1.29 is 17.9 Å². The predicted molar refractivity (Wildman–Crippen MR) is 62.2 cm³/mol. The number of halogens is 3. The van der Waals surface area contributed by atoms with Crippen LogP contribution in [0.5, 0.6) is 5.75 Å². The van der Waals surface area contributed by atoms with Gasteiger partial charge in [-0.05, 0) is 43.4 Å². The van der Waals surface area contributed by atoms with Gasteiger partial charge in [-0.15, -0.1) is 0 Å². The first kappa shape index (κ1) is 12.9. The van der Waals surface area contributed by atoms with Gasteiger partial charge in [-0.2, -0.15) is 13.2 Å². The molecule has 0 spiro atoms. The fourth-order valence-electron chi connectivity index (χ4n) is 1.60. The standard InChI is InChI=1S/C13H14F3NO/c1-8(17)10-4-5-11(13(14,15)16)12(6-10)18-7-9-2-3-9/h4-6,9,17H,2-3,7H2,1H3. The lowest BCUT2D eigenvalue weighted by Crippen LogP contribution is -2.11. The highest BCUT2D eigenvalue weighted by Crippen LogP contribution is 2.38. The van der Waals surface area contributed by atoms with E-state index in [1.165, 1.54) is 19.1 Å². The molecular weight excluding hydrogens is 243 g/mol. The Balaban J connectivity index is 2.29. The van der Waals surface area contributed by atoms with Crippen molar-refractivity contribution in [1.29, 1.82) is 5.41 Å². The topological polar surface area (TPSA) is 33.1 Å². The van der Waals surface area contributed by atoms with E-state index < -0.39 is 11.7 Å². The van der Waals surface area contributed by atoms with Crippen molar-refractivity contribution in [3.05, 3.63) is 29.3 Å². The van der Waals surface area contributed by atoms with Crippen LogP contribution in [-0.2, 0) is 6.18 Å². The van der Waals surface area contributed by atoms with Gasteiger partial charge in [0.25, 0.3) is 0 Å². The third-order valence-corrected chi connectivity index (χ3v) is 2.89. The van der Waals surface area contributed by atoms with Gasteiger partial charge in [0.15, 0.2) is 0 Å². The second-order valence-electron chi connectivity index (χ2n) is 4.59. The molecule has 0 radical (unpaired) electrons. The summed E-state index contributed by atoms with van der Waals surface area (Å²) in [5, 5.41) is 7.45. The molecule has 2 nitrogen and oxygen atoms in total. The maximum Gasteiger partial charge on any atom is 0.419 e. The molecule has 5 heteroatoms. The molecule has 0 amide bonds. The molecule has 1 N–H and O–H groups in total. The van der Waals surface area contributed by atoms with E-state index >= 15 is 0 Å². The van der Waals surface area contributed by atoms with Crippen molar-refractivity contribution >= 4 is 5.71 Å². The summed E-state index contributed by atoms with van der Waals surface area (Å²) in [5.74, 6) is 0.217. The molecule has 0 atom stereocenters. The average Bonchev–Trinajstić information content (AvgIpc) is 3.08. The zero-order valence-electron chi connectivity index (χ0n) is 9.97. The summed E-state index contributed by atoms with van der Waals surface area (Å²) >= 11 is 0. The summed E-state index contributed by atoms with van der Waals surface area (Å²) in [6, 6.07) is 3.58. The van der Waals surface area contributed by atoms with Gasteiger partial charge in [0.1, 0.15) is 5.75 Å².